The van der Waals surface area contributed by atoms with Crippen LogP contribution in [0.3, 0.4) is 0 Å². The van der Waals surface area contributed by atoms with E-state index in [1.54, 1.807) is 19.9 Å². The largest absolute Gasteiger partial charge is 0.347 e. The van der Waals surface area contributed by atoms with Crippen molar-refractivity contribution in [3.8, 4) is 6.07 Å². The lowest BCUT2D eigenvalue weighted by Gasteiger charge is -2.23. The number of hydrogen-bond donors (Lipinski definition) is 1. The van der Waals surface area contributed by atoms with E-state index in [1.165, 1.54) is 4.57 Å². The fraction of sp³-hybridized carbons (Fsp3) is 0.350. The van der Waals surface area contributed by atoms with Crippen molar-refractivity contribution >= 4 is 5.91 Å². The van der Waals surface area contributed by atoms with Gasteiger partial charge in [0.1, 0.15) is 18.2 Å². The lowest BCUT2D eigenvalue weighted by Crippen LogP contribution is -2.38. The molecule has 0 fully saturated rings. The predicted molar refractivity (Wildman–Crippen MR) is 97.1 cm³/mol. The summed E-state index contributed by atoms with van der Waals surface area (Å²) in [7, 11) is 0. The number of aryl methyl sites for hydroxylation is 2. The minimum atomic E-state index is -0.420. The molecule has 0 aliphatic carbocycles. The average molecular weight is 337 g/mol. The number of pyridine rings is 1. The molecule has 0 aliphatic heterocycles. The summed E-state index contributed by atoms with van der Waals surface area (Å²) >= 11 is 0. The molecule has 0 saturated carbocycles. The van der Waals surface area contributed by atoms with Crippen molar-refractivity contribution in [2.24, 2.45) is 5.92 Å². The third kappa shape index (κ3) is 4.16. The van der Waals surface area contributed by atoms with Crippen LogP contribution in [-0.2, 0) is 11.3 Å². The highest BCUT2D eigenvalue weighted by molar-refractivity contribution is 5.76. The van der Waals surface area contributed by atoms with Crippen molar-refractivity contribution in [3.05, 3.63) is 69.1 Å². The fourth-order valence-corrected chi connectivity index (χ4v) is 2.92. The standard InChI is InChI=1S/C20H23N3O2/c1-13(2)19(16-8-6-5-7-9-16)22-18(24)12-23-15(4)10-14(3)17(11-21)20(23)25/h5-10,13,19H,12H2,1-4H3,(H,22,24). The summed E-state index contributed by atoms with van der Waals surface area (Å²) in [6, 6.07) is 13.3. The second-order valence-corrected chi connectivity index (χ2v) is 6.55. The first kappa shape index (κ1) is 18.5. The number of amides is 1. The predicted octanol–water partition coefficient (Wildman–Crippen LogP) is 2.85. The Morgan fingerprint density at radius 3 is 2.44 bits per heavy atom. The van der Waals surface area contributed by atoms with Crippen molar-refractivity contribution in [2.45, 2.75) is 40.3 Å². The van der Waals surface area contributed by atoms with Crippen LogP contribution in [0.1, 0.15) is 42.3 Å². The minimum Gasteiger partial charge on any atom is -0.347 e. The molecule has 5 nitrogen and oxygen atoms in total. The molecular weight excluding hydrogens is 314 g/mol. The van der Waals surface area contributed by atoms with Gasteiger partial charge in [-0.1, -0.05) is 44.2 Å². The summed E-state index contributed by atoms with van der Waals surface area (Å²) in [6.07, 6.45) is 0. The average Bonchev–Trinajstić information content (AvgIpc) is 2.57. The highest BCUT2D eigenvalue weighted by Gasteiger charge is 2.19. The molecule has 0 aliphatic rings. The molecule has 5 heteroatoms. The summed E-state index contributed by atoms with van der Waals surface area (Å²) in [5.41, 5.74) is 1.98. The van der Waals surface area contributed by atoms with Gasteiger partial charge in [-0.3, -0.25) is 9.59 Å². The molecular formula is C20H23N3O2. The van der Waals surface area contributed by atoms with Crippen LogP contribution in [0.5, 0.6) is 0 Å². The molecule has 2 rings (SSSR count). The van der Waals surface area contributed by atoms with Gasteiger partial charge >= 0.3 is 0 Å². The molecule has 0 radical (unpaired) electrons. The summed E-state index contributed by atoms with van der Waals surface area (Å²) in [5.74, 6) is -0.0441. The molecule has 1 aromatic heterocycles. The van der Waals surface area contributed by atoms with Crippen LogP contribution in [0.4, 0.5) is 0 Å². The third-order valence-electron chi connectivity index (χ3n) is 4.26. The molecule has 1 unspecified atom stereocenters. The fourth-order valence-electron chi connectivity index (χ4n) is 2.92. The Morgan fingerprint density at radius 1 is 1.24 bits per heavy atom. The van der Waals surface area contributed by atoms with Crippen LogP contribution in [0, 0.1) is 31.1 Å². The Labute approximate surface area is 147 Å². The number of benzene rings is 1. The second kappa shape index (κ2) is 7.80. The van der Waals surface area contributed by atoms with E-state index >= 15 is 0 Å². The summed E-state index contributed by atoms with van der Waals surface area (Å²) in [4.78, 5) is 25.0. The molecule has 1 heterocycles. The van der Waals surface area contributed by atoms with E-state index in [4.69, 9.17) is 5.26 Å². The Kier molecular flexibility index (Phi) is 5.76. The van der Waals surface area contributed by atoms with E-state index < -0.39 is 5.56 Å². The van der Waals surface area contributed by atoms with Gasteiger partial charge in [-0.2, -0.15) is 5.26 Å². The van der Waals surface area contributed by atoms with E-state index in [-0.39, 0.29) is 30.0 Å². The van der Waals surface area contributed by atoms with Crippen LogP contribution in [0.25, 0.3) is 0 Å². The summed E-state index contributed by atoms with van der Waals surface area (Å²) in [6.45, 7) is 7.46. The zero-order valence-corrected chi connectivity index (χ0v) is 15.0. The Hall–Kier alpha value is -2.87. The van der Waals surface area contributed by atoms with Crippen molar-refractivity contribution in [1.82, 2.24) is 9.88 Å². The van der Waals surface area contributed by atoms with Crippen LogP contribution in [-0.4, -0.2) is 10.5 Å². The molecule has 2 aromatic rings. The maximum absolute atomic E-state index is 12.5. The lowest BCUT2D eigenvalue weighted by molar-refractivity contribution is -0.122. The van der Waals surface area contributed by atoms with Gasteiger partial charge in [-0.25, -0.2) is 0 Å². The number of nitrogens with one attached hydrogen (secondary N) is 1. The second-order valence-electron chi connectivity index (χ2n) is 6.55. The van der Waals surface area contributed by atoms with Gasteiger partial charge in [0.2, 0.25) is 5.91 Å². The van der Waals surface area contributed by atoms with E-state index in [0.717, 1.165) is 5.56 Å². The maximum atomic E-state index is 12.5. The third-order valence-corrected chi connectivity index (χ3v) is 4.26. The van der Waals surface area contributed by atoms with E-state index in [1.807, 2.05) is 50.2 Å². The van der Waals surface area contributed by atoms with Crippen LogP contribution in [0.15, 0.2) is 41.2 Å². The minimum absolute atomic E-state index is 0.0851. The number of nitrogens with zero attached hydrogens (tertiary/aromatic N) is 2. The molecule has 1 aromatic carbocycles. The van der Waals surface area contributed by atoms with Gasteiger partial charge in [0.05, 0.1) is 6.04 Å². The lowest BCUT2D eigenvalue weighted by atomic mass is 9.96. The normalized spacial score (nSPS) is 11.8. The molecule has 1 amide bonds. The van der Waals surface area contributed by atoms with Crippen molar-refractivity contribution in [1.29, 1.82) is 5.26 Å². The van der Waals surface area contributed by atoms with Gasteiger partial charge in [-0.15, -0.1) is 0 Å². The van der Waals surface area contributed by atoms with Gasteiger partial charge in [0.15, 0.2) is 0 Å². The van der Waals surface area contributed by atoms with Gasteiger partial charge in [0, 0.05) is 5.69 Å². The van der Waals surface area contributed by atoms with Crippen molar-refractivity contribution in [3.63, 3.8) is 0 Å². The highest BCUT2D eigenvalue weighted by Crippen LogP contribution is 2.21. The molecule has 1 atom stereocenters. The first-order valence-corrected chi connectivity index (χ1v) is 8.30. The molecule has 25 heavy (non-hydrogen) atoms. The number of nitriles is 1. The van der Waals surface area contributed by atoms with E-state index in [0.29, 0.717) is 11.3 Å². The zero-order valence-electron chi connectivity index (χ0n) is 15.0. The Balaban J connectivity index is 2.26. The van der Waals surface area contributed by atoms with E-state index in [9.17, 15) is 9.59 Å². The quantitative estimate of drug-likeness (QED) is 0.911. The molecule has 1 N–H and O–H groups in total. The number of carbonyl (C=O) groups excluding carboxylic acids is 1. The number of aromatic nitrogens is 1. The number of hydrogen-bond acceptors (Lipinski definition) is 3. The summed E-state index contributed by atoms with van der Waals surface area (Å²) in [5, 5.41) is 12.2. The SMILES string of the molecule is Cc1cc(C)n(CC(=O)NC(c2ccccc2)C(C)C)c(=O)c1C#N. The topological polar surface area (TPSA) is 74.9 Å². The van der Waals surface area contributed by atoms with Gasteiger partial charge < -0.3 is 9.88 Å². The van der Waals surface area contributed by atoms with Crippen LogP contribution < -0.4 is 10.9 Å². The number of carbonyl (C=O) groups is 1. The van der Waals surface area contributed by atoms with Crippen LogP contribution >= 0.6 is 0 Å². The summed E-state index contributed by atoms with van der Waals surface area (Å²) < 4.78 is 1.35. The highest BCUT2D eigenvalue weighted by atomic mass is 16.2. The molecule has 0 saturated heterocycles. The Morgan fingerprint density at radius 2 is 1.88 bits per heavy atom. The maximum Gasteiger partial charge on any atom is 0.269 e. The Bertz CT molecular complexity index is 861. The monoisotopic (exact) mass is 337 g/mol. The van der Waals surface area contributed by atoms with E-state index in [2.05, 4.69) is 5.32 Å². The van der Waals surface area contributed by atoms with Crippen molar-refractivity contribution < 1.29 is 4.79 Å². The van der Waals surface area contributed by atoms with Gasteiger partial charge in [-0.05, 0) is 37.0 Å². The molecule has 0 bridgehead atoms. The van der Waals surface area contributed by atoms with Crippen LogP contribution in [0.2, 0.25) is 0 Å². The smallest absolute Gasteiger partial charge is 0.269 e. The van der Waals surface area contributed by atoms with Crippen molar-refractivity contribution in [2.75, 3.05) is 0 Å². The van der Waals surface area contributed by atoms with Gasteiger partial charge in [0.25, 0.3) is 5.56 Å². The zero-order chi connectivity index (χ0) is 18.6. The first-order valence-electron chi connectivity index (χ1n) is 8.30. The first-order chi connectivity index (χ1) is 11.8. The molecule has 0 spiro atoms. The number of rotatable bonds is 5. The molecule has 130 valence electrons.